The van der Waals surface area contributed by atoms with Crippen LogP contribution in [-0.2, 0) is 0 Å². The number of carbonyl (C=O) groups is 1. The van der Waals surface area contributed by atoms with Crippen LogP contribution in [0, 0.1) is 16.7 Å². The summed E-state index contributed by atoms with van der Waals surface area (Å²) in [7, 11) is 0. The third-order valence-corrected chi connectivity index (χ3v) is 6.93. The summed E-state index contributed by atoms with van der Waals surface area (Å²) in [5.74, 6) is 0.465. The predicted octanol–water partition coefficient (Wildman–Crippen LogP) is 2.87. The molecule has 2 N–H and O–H groups in total. The smallest absolute Gasteiger partial charge is 0.287 e. The number of hydrogen-bond acceptors (Lipinski definition) is 3. The zero-order valence-electron chi connectivity index (χ0n) is 14.3. The summed E-state index contributed by atoms with van der Waals surface area (Å²) in [6, 6.07) is 7.20. The number of aromatic amines is 1. The van der Waals surface area contributed by atoms with Crippen molar-refractivity contribution in [2.75, 3.05) is 0 Å². The summed E-state index contributed by atoms with van der Waals surface area (Å²) in [6.45, 7) is 6.90. The van der Waals surface area contributed by atoms with E-state index >= 15 is 0 Å². The fourth-order valence-corrected chi connectivity index (χ4v) is 4.84. The summed E-state index contributed by atoms with van der Waals surface area (Å²) in [5, 5.41) is 3.64. The van der Waals surface area contributed by atoms with E-state index in [1.165, 1.54) is 6.42 Å². The summed E-state index contributed by atoms with van der Waals surface area (Å²) in [6.07, 6.45) is 3.38. The Hall–Kier alpha value is -2.17. The van der Waals surface area contributed by atoms with Crippen molar-refractivity contribution in [3.8, 4) is 0 Å². The molecule has 3 unspecified atom stereocenters. The molecule has 5 heteroatoms. The Kier molecular flexibility index (Phi) is 3.15. The highest BCUT2D eigenvalue weighted by atomic mass is 16.2. The van der Waals surface area contributed by atoms with E-state index in [2.05, 4.69) is 36.1 Å². The molecule has 0 spiro atoms. The van der Waals surface area contributed by atoms with Gasteiger partial charge < -0.3 is 10.3 Å². The largest absolute Gasteiger partial charge is 0.346 e. The van der Waals surface area contributed by atoms with Crippen molar-refractivity contribution < 1.29 is 4.79 Å². The molecular formula is C19H23N3O2. The van der Waals surface area contributed by atoms with Crippen LogP contribution >= 0.6 is 0 Å². The van der Waals surface area contributed by atoms with Gasteiger partial charge >= 0.3 is 0 Å². The number of H-pyrrole nitrogens is 1. The summed E-state index contributed by atoms with van der Waals surface area (Å²) in [5.41, 5.74) is 0.607. The van der Waals surface area contributed by atoms with Crippen LogP contribution in [0.1, 0.15) is 50.7 Å². The monoisotopic (exact) mass is 325 g/mol. The SMILES string of the molecule is CC1(C)C2CCC1(C)C(NC(=O)c1nc3ccccc3c(=O)[nH]1)C2. The fourth-order valence-electron chi connectivity index (χ4n) is 4.84. The molecule has 4 rings (SSSR count). The molecule has 0 saturated heterocycles. The lowest BCUT2D eigenvalue weighted by Crippen LogP contribution is -2.47. The van der Waals surface area contributed by atoms with Gasteiger partial charge in [0.05, 0.1) is 10.9 Å². The van der Waals surface area contributed by atoms with Crippen molar-refractivity contribution in [2.45, 2.75) is 46.1 Å². The van der Waals surface area contributed by atoms with E-state index < -0.39 is 0 Å². The average Bonchev–Trinajstić information content (AvgIpc) is 2.88. The van der Waals surface area contributed by atoms with Gasteiger partial charge in [0.2, 0.25) is 0 Å². The molecule has 1 aromatic heterocycles. The van der Waals surface area contributed by atoms with E-state index in [-0.39, 0.29) is 34.2 Å². The average molecular weight is 325 g/mol. The number of nitrogens with zero attached hydrogens (tertiary/aromatic N) is 1. The highest BCUT2D eigenvalue weighted by Gasteiger charge is 2.61. The van der Waals surface area contributed by atoms with Gasteiger partial charge in [0, 0.05) is 6.04 Å². The van der Waals surface area contributed by atoms with E-state index in [1.54, 1.807) is 18.2 Å². The van der Waals surface area contributed by atoms with Crippen molar-refractivity contribution >= 4 is 16.8 Å². The second-order valence-corrected chi connectivity index (χ2v) is 8.07. The maximum absolute atomic E-state index is 12.7. The topological polar surface area (TPSA) is 74.8 Å². The Labute approximate surface area is 140 Å². The maximum atomic E-state index is 12.7. The number of para-hydroxylation sites is 1. The molecule has 24 heavy (non-hydrogen) atoms. The predicted molar refractivity (Wildman–Crippen MR) is 92.8 cm³/mol. The van der Waals surface area contributed by atoms with E-state index in [9.17, 15) is 9.59 Å². The summed E-state index contributed by atoms with van der Waals surface area (Å²) < 4.78 is 0. The molecule has 2 fully saturated rings. The Balaban J connectivity index is 1.63. The van der Waals surface area contributed by atoms with Gasteiger partial charge in [-0.1, -0.05) is 32.9 Å². The van der Waals surface area contributed by atoms with Gasteiger partial charge in [-0.25, -0.2) is 4.98 Å². The van der Waals surface area contributed by atoms with E-state index in [0.29, 0.717) is 16.8 Å². The van der Waals surface area contributed by atoms with Crippen LogP contribution in [0.2, 0.25) is 0 Å². The minimum absolute atomic E-state index is 0.0999. The highest BCUT2D eigenvalue weighted by molar-refractivity contribution is 5.92. The number of fused-ring (bicyclic) bond motifs is 3. The second-order valence-electron chi connectivity index (χ2n) is 8.07. The first-order valence-electron chi connectivity index (χ1n) is 8.63. The summed E-state index contributed by atoms with van der Waals surface area (Å²) >= 11 is 0. The first-order chi connectivity index (χ1) is 11.3. The van der Waals surface area contributed by atoms with Crippen molar-refractivity contribution in [3.63, 3.8) is 0 Å². The molecule has 2 saturated carbocycles. The van der Waals surface area contributed by atoms with Crippen LogP contribution in [0.25, 0.3) is 10.9 Å². The maximum Gasteiger partial charge on any atom is 0.287 e. The first-order valence-corrected chi connectivity index (χ1v) is 8.63. The van der Waals surface area contributed by atoms with Crippen LogP contribution in [0.5, 0.6) is 0 Å². The Morgan fingerprint density at radius 3 is 2.71 bits per heavy atom. The molecule has 1 aromatic carbocycles. The Morgan fingerprint density at radius 1 is 1.29 bits per heavy atom. The molecule has 2 aliphatic carbocycles. The van der Waals surface area contributed by atoms with Gasteiger partial charge in [-0.05, 0) is 48.1 Å². The molecule has 3 atom stereocenters. The van der Waals surface area contributed by atoms with Crippen LogP contribution in [-0.4, -0.2) is 21.9 Å². The third-order valence-electron chi connectivity index (χ3n) is 6.93. The number of carbonyl (C=O) groups excluding carboxylic acids is 1. The second kappa shape index (κ2) is 4.91. The zero-order chi connectivity index (χ0) is 17.1. The highest BCUT2D eigenvalue weighted by Crippen LogP contribution is 2.65. The normalized spacial score (nSPS) is 30.6. The molecule has 1 amide bonds. The molecule has 1 heterocycles. The number of rotatable bonds is 2. The molecule has 0 radical (unpaired) electrons. The number of nitrogens with one attached hydrogen (secondary N) is 2. The summed E-state index contributed by atoms with van der Waals surface area (Å²) in [4.78, 5) is 31.8. The van der Waals surface area contributed by atoms with Gasteiger partial charge in [-0.2, -0.15) is 0 Å². The van der Waals surface area contributed by atoms with Crippen molar-refractivity contribution in [1.29, 1.82) is 0 Å². The minimum atomic E-state index is -0.285. The van der Waals surface area contributed by atoms with Crippen molar-refractivity contribution in [3.05, 3.63) is 40.4 Å². The Morgan fingerprint density at radius 2 is 2.04 bits per heavy atom. The van der Waals surface area contributed by atoms with Gasteiger partial charge in [-0.3, -0.25) is 9.59 Å². The zero-order valence-corrected chi connectivity index (χ0v) is 14.3. The van der Waals surface area contributed by atoms with E-state index in [1.807, 2.05) is 6.07 Å². The lowest BCUT2D eigenvalue weighted by Gasteiger charge is -2.39. The number of hydrogen-bond donors (Lipinski definition) is 2. The molecule has 2 bridgehead atoms. The van der Waals surface area contributed by atoms with Gasteiger partial charge in [0.25, 0.3) is 11.5 Å². The number of aromatic nitrogens is 2. The third kappa shape index (κ3) is 1.96. The fraction of sp³-hybridized carbons (Fsp3) is 0.526. The number of amides is 1. The lowest BCUT2D eigenvalue weighted by molar-refractivity contribution is 0.0816. The quantitative estimate of drug-likeness (QED) is 0.891. The van der Waals surface area contributed by atoms with Crippen molar-refractivity contribution in [1.82, 2.24) is 15.3 Å². The van der Waals surface area contributed by atoms with E-state index in [4.69, 9.17) is 0 Å². The number of benzene rings is 1. The minimum Gasteiger partial charge on any atom is -0.346 e. The van der Waals surface area contributed by atoms with Crippen LogP contribution in [0.4, 0.5) is 0 Å². The Bertz CT molecular complexity index is 886. The molecule has 2 aromatic rings. The first kappa shape index (κ1) is 15.4. The molecule has 126 valence electrons. The van der Waals surface area contributed by atoms with Crippen LogP contribution < -0.4 is 10.9 Å². The molecule has 0 aliphatic heterocycles. The van der Waals surface area contributed by atoms with Crippen molar-refractivity contribution in [2.24, 2.45) is 16.7 Å². The molecule has 5 nitrogen and oxygen atoms in total. The van der Waals surface area contributed by atoms with E-state index in [0.717, 1.165) is 12.8 Å². The van der Waals surface area contributed by atoms with Gasteiger partial charge in [-0.15, -0.1) is 0 Å². The van der Waals surface area contributed by atoms with Gasteiger partial charge in [0.1, 0.15) is 0 Å². The lowest BCUT2D eigenvalue weighted by atomic mass is 9.69. The van der Waals surface area contributed by atoms with Crippen LogP contribution in [0.15, 0.2) is 29.1 Å². The van der Waals surface area contributed by atoms with Crippen LogP contribution in [0.3, 0.4) is 0 Å². The standard InChI is InChI=1S/C19H23N3O2/c1-18(2)11-8-9-19(18,3)14(10-11)21-17(24)15-20-13-7-5-4-6-12(13)16(23)22-15/h4-7,11,14H,8-10H2,1-3H3,(H,21,24)(H,20,22,23). The van der Waals surface area contributed by atoms with Gasteiger partial charge in [0.15, 0.2) is 5.82 Å². The molecule has 2 aliphatic rings. The molecular weight excluding hydrogens is 302 g/mol.